The highest BCUT2D eigenvalue weighted by molar-refractivity contribution is 6.43. The predicted molar refractivity (Wildman–Crippen MR) is 112 cm³/mol. The zero-order valence-corrected chi connectivity index (χ0v) is 16.5. The summed E-state index contributed by atoms with van der Waals surface area (Å²) in [6.07, 6.45) is 3.90. The van der Waals surface area contributed by atoms with E-state index in [0.29, 0.717) is 12.8 Å². The molecule has 0 aliphatic heterocycles. The molecule has 0 spiro atoms. The van der Waals surface area contributed by atoms with Crippen molar-refractivity contribution in [3.05, 3.63) is 22.3 Å². The Morgan fingerprint density at radius 1 is 1.34 bits per heavy atom. The van der Waals surface area contributed by atoms with Gasteiger partial charge >= 0.3 is 7.12 Å². The van der Waals surface area contributed by atoms with Crippen molar-refractivity contribution in [1.82, 2.24) is 10.7 Å². The SMILES string of the molecule is C.C/C=C/C(=O)C[C@@H](CCCN=C(N)N[N+](=O)[O-])C(=O)N[C@@H](CC(C)C)B(O)O. The number of amides is 1. The van der Waals surface area contributed by atoms with Gasteiger partial charge in [0.25, 0.3) is 5.96 Å². The van der Waals surface area contributed by atoms with E-state index >= 15 is 0 Å². The Hall–Kier alpha value is -2.47. The Bertz CT molecular complexity index is 583. The molecule has 12 heteroatoms. The first-order valence-corrected chi connectivity index (χ1v) is 9.09. The van der Waals surface area contributed by atoms with Gasteiger partial charge in [0, 0.05) is 18.9 Å². The molecule has 2 atom stereocenters. The van der Waals surface area contributed by atoms with Gasteiger partial charge in [0.1, 0.15) is 0 Å². The molecular formula is C17H34BN5O6. The van der Waals surface area contributed by atoms with Crippen molar-refractivity contribution in [3.8, 4) is 0 Å². The number of guanidine groups is 1. The first-order valence-electron chi connectivity index (χ1n) is 9.09. The third-order valence-electron chi connectivity index (χ3n) is 3.78. The second kappa shape index (κ2) is 15.5. The first kappa shape index (κ1) is 28.7. The first-order chi connectivity index (χ1) is 13.1. The molecule has 0 fully saturated rings. The van der Waals surface area contributed by atoms with Crippen molar-refractivity contribution < 1.29 is 24.7 Å². The smallest absolute Gasteiger partial charge is 0.426 e. The summed E-state index contributed by atoms with van der Waals surface area (Å²) in [7, 11) is -1.71. The molecule has 0 aromatic rings. The van der Waals surface area contributed by atoms with Gasteiger partial charge in [-0.05, 0) is 38.2 Å². The molecule has 0 heterocycles. The second-order valence-corrected chi connectivity index (χ2v) is 6.80. The summed E-state index contributed by atoms with van der Waals surface area (Å²) in [5, 5.41) is 31.0. The van der Waals surface area contributed by atoms with E-state index in [9.17, 15) is 29.8 Å². The third kappa shape index (κ3) is 14.2. The number of hydrazine groups is 1. The quantitative estimate of drug-likeness (QED) is 0.0538. The van der Waals surface area contributed by atoms with E-state index in [-0.39, 0.29) is 44.5 Å². The minimum Gasteiger partial charge on any atom is -0.426 e. The summed E-state index contributed by atoms with van der Waals surface area (Å²) >= 11 is 0. The fourth-order valence-electron chi connectivity index (χ4n) is 2.55. The lowest BCUT2D eigenvalue weighted by molar-refractivity contribution is -0.525. The van der Waals surface area contributed by atoms with Crippen LogP contribution < -0.4 is 16.5 Å². The van der Waals surface area contributed by atoms with Crippen LogP contribution >= 0.6 is 0 Å². The van der Waals surface area contributed by atoms with Crippen LogP contribution in [0.25, 0.3) is 0 Å². The predicted octanol–water partition coefficient (Wildman–Crippen LogP) is 0.193. The zero-order chi connectivity index (χ0) is 21.7. The molecule has 6 N–H and O–H groups in total. The molecule has 0 saturated heterocycles. The van der Waals surface area contributed by atoms with Crippen LogP contribution in [0.4, 0.5) is 0 Å². The Balaban J connectivity index is 0. The van der Waals surface area contributed by atoms with Crippen LogP contribution in [0.15, 0.2) is 17.1 Å². The average molecular weight is 415 g/mol. The van der Waals surface area contributed by atoms with Gasteiger partial charge in [0.2, 0.25) is 5.91 Å². The van der Waals surface area contributed by atoms with Crippen molar-refractivity contribution in [2.24, 2.45) is 22.6 Å². The Labute approximate surface area is 172 Å². The molecule has 0 bridgehead atoms. The van der Waals surface area contributed by atoms with Crippen molar-refractivity contribution in [2.45, 2.75) is 59.8 Å². The Kier molecular flexibility index (Phi) is 15.3. The number of nitrogens with two attached hydrogens (primary N) is 1. The number of hydrogen-bond donors (Lipinski definition) is 5. The summed E-state index contributed by atoms with van der Waals surface area (Å²) in [6.45, 7) is 5.59. The van der Waals surface area contributed by atoms with E-state index in [1.807, 2.05) is 13.8 Å². The monoisotopic (exact) mass is 415 g/mol. The van der Waals surface area contributed by atoms with Crippen LogP contribution in [0.3, 0.4) is 0 Å². The van der Waals surface area contributed by atoms with Gasteiger partial charge < -0.3 is 21.1 Å². The van der Waals surface area contributed by atoms with Gasteiger partial charge in [0.15, 0.2) is 10.8 Å². The van der Waals surface area contributed by atoms with E-state index in [1.165, 1.54) is 6.08 Å². The van der Waals surface area contributed by atoms with Gasteiger partial charge in [-0.2, -0.15) is 0 Å². The van der Waals surface area contributed by atoms with Crippen LogP contribution in [0.2, 0.25) is 0 Å². The number of aliphatic imine (C=N–C) groups is 1. The number of carbonyl (C=O) groups is 2. The number of rotatable bonds is 13. The number of nitrogens with one attached hydrogen (secondary N) is 2. The van der Waals surface area contributed by atoms with E-state index < -0.39 is 29.9 Å². The van der Waals surface area contributed by atoms with Gasteiger partial charge in [-0.15, -0.1) is 0 Å². The van der Waals surface area contributed by atoms with Crippen LogP contribution in [-0.2, 0) is 9.59 Å². The summed E-state index contributed by atoms with van der Waals surface area (Å²) in [5.41, 5.74) is 7.03. The van der Waals surface area contributed by atoms with Gasteiger partial charge in [-0.3, -0.25) is 9.59 Å². The molecule has 0 rings (SSSR count). The summed E-state index contributed by atoms with van der Waals surface area (Å²) in [6, 6.07) is 0. The van der Waals surface area contributed by atoms with Crippen LogP contribution in [0, 0.1) is 22.0 Å². The standard InChI is InChI=1S/C16H30BN5O6.CH4/c1-4-6-13(23)10-12(7-5-8-19-16(18)21-22(27)28)15(24)20-14(17(25)26)9-11(2)3;/h4,6,11-12,14,25-26H,5,7-10H2,1-3H3,(H,20,24)(H3,18,19,21);1H4/b6-4+;/t12-,14+;/m1./s1. The van der Waals surface area contributed by atoms with Crippen LogP contribution in [0.5, 0.6) is 0 Å². The van der Waals surface area contributed by atoms with Gasteiger partial charge in [-0.1, -0.05) is 32.8 Å². The number of nitrogens with zero attached hydrogens (tertiary/aromatic N) is 2. The highest BCUT2D eigenvalue weighted by Crippen LogP contribution is 2.15. The summed E-state index contributed by atoms with van der Waals surface area (Å²) < 4.78 is 0. The third-order valence-corrected chi connectivity index (χ3v) is 3.78. The molecule has 166 valence electrons. The fraction of sp³-hybridized carbons (Fsp3) is 0.706. The van der Waals surface area contributed by atoms with Crippen molar-refractivity contribution in [1.29, 1.82) is 0 Å². The maximum absolute atomic E-state index is 12.6. The normalized spacial score (nSPS) is 13.5. The lowest BCUT2D eigenvalue weighted by atomic mass is 9.74. The van der Waals surface area contributed by atoms with E-state index in [1.54, 1.807) is 18.4 Å². The van der Waals surface area contributed by atoms with Crippen LogP contribution in [0.1, 0.15) is 53.9 Å². The van der Waals surface area contributed by atoms with E-state index in [4.69, 9.17) is 5.73 Å². The number of nitro groups is 1. The average Bonchev–Trinajstić information content (AvgIpc) is 2.55. The molecule has 0 aliphatic rings. The minimum absolute atomic E-state index is 0. The molecule has 29 heavy (non-hydrogen) atoms. The highest BCUT2D eigenvalue weighted by Gasteiger charge is 2.29. The number of allylic oxidation sites excluding steroid dienone is 2. The van der Waals surface area contributed by atoms with Gasteiger partial charge in [0.05, 0.1) is 5.94 Å². The van der Waals surface area contributed by atoms with Crippen LogP contribution in [-0.4, -0.2) is 52.3 Å². The number of carbonyl (C=O) groups excluding carboxylic acids is 2. The molecule has 0 radical (unpaired) electrons. The molecule has 0 aromatic heterocycles. The summed E-state index contributed by atoms with van der Waals surface area (Å²) in [4.78, 5) is 38.5. The largest absolute Gasteiger partial charge is 0.475 e. The Morgan fingerprint density at radius 2 is 1.97 bits per heavy atom. The topological polar surface area (TPSA) is 180 Å². The van der Waals surface area contributed by atoms with Gasteiger partial charge in [-0.25, -0.2) is 15.1 Å². The molecule has 11 nitrogen and oxygen atoms in total. The summed E-state index contributed by atoms with van der Waals surface area (Å²) in [5.74, 6) is -2.46. The van der Waals surface area contributed by atoms with Crippen molar-refractivity contribution in [3.63, 3.8) is 0 Å². The fourth-order valence-corrected chi connectivity index (χ4v) is 2.55. The van der Waals surface area contributed by atoms with E-state index in [2.05, 4.69) is 10.3 Å². The minimum atomic E-state index is -1.71. The lowest BCUT2D eigenvalue weighted by Gasteiger charge is -2.23. The zero-order valence-electron chi connectivity index (χ0n) is 16.5. The second-order valence-electron chi connectivity index (χ2n) is 6.80. The number of ketones is 1. The molecule has 0 aromatic carbocycles. The molecular weight excluding hydrogens is 381 g/mol. The van der Waals surface area contributed by atoms with Crippen molar-refractivity contribution in [2.75, 3.05) is 6.54 Å². The lowest BCUT2D eigenvalue weighted by Crippen LogP contribution is -2.49. The molecule has 0 aliphatic carbocycles. The molecule has 1 amide bonds. The maximum atomic E-state index is 12.6. The molecule has 0 unspecified atom stereocenters. The number of hydrogen-bond acceptors (Lipinski definition) is 7. The van der Waals surface area contributed by atoms with Crippen molar-refractivity contribution >= 4 is 24.8 Å². The van der Waals surface area contributed by atoms with E-state index in [0.717, 1.165) is 0 Å². The highest BCUT2D eigenvalue weighted by atomic mass is 16.7. The maximum Gasteiger partial charge on any atom is 0.475 e. The Morgan fingerprint density at radius 3 is 2.45 bits per heavy atom. The molecule has 0 saturated carbocycles.